The molecule has 2 aromatic carbocycles. The van der Waals surface area contributed by atoms with Crippen LogP contribution < -0.4 is 14.8 Å². The quantitative estimate of drug-likeness (QED) is 0.489. The summed E-state index contributed by atoms with van der Waals surface area (Å²) in [5.41, 5.74) is 2.57. The van der Waals surface area contributed by atoms with Crippen LogP contribution in [-0.4, -0.2) is 39.3 Å². The Morgan fingerprint density at radius 1 is 1.00 bits per heavy atom. The number of fused-ring (bicyclic) bond motifs is 1. The van der Waals surface area contributed by atoms with Crippen LogP contribution in [0, 0.1) is 0 Å². The fraction of sp³-hybridized carbons (Fsp3) is 0.217. The molecule has 0 bridgehead atoms. The molecule has 1 amide bonds. The predicted octanol–water partition coefficient (Wildman–Crippen LogP) is 4.43. The smallest absolute Gasteiger partial charge is 0.265 e. The van der Waals surface area contributed by atoms with Gasteiger partial charge in [-0.25, -0.2) is 4.68 Å². The molecule has 9 heteroatoms. The highest BCUT2D eigenvalue weighted by Gasteiger charge is 2.28. The zero-order valence-electron chi connectivity index (χ0n) is 17.0. The molecule has 0 radical (unpaired) electrons. The lowest BCUT2D eigenvalue weighted by molar-refractivity contribution is 0.103. The van der Waals surface area contributed by atoms with Crippen molar-refractivity contribution in [3.63, 3.8) is 0 Å². The third-order valence-corrected chi connectivity index (χ3v) is 6.55. The van der Waals surface area contributed by atoms with E-state index in [-0.39, 0.29) is 5.91 Å². The molecule has 8 nitrogen and oxygen atoms in total. The van der Waals surface area contributed by atoms with Crippen molar-refractivity contribution in [1.82, 2.24) is 20.2 Å². The molecule has 2 aromatic heterocycles. The highest BCUT2D eigenvalue weighted by atomic mass is 32.1. The summed E-state index contributed by atoms with van der Waals surface area (Å²) in [5.74, 6) is 2.05. The van der Waals surface area contributed by atoms with Crippen LogP contribution in [0.15, 0.2) is 54.6 Å². The number of aromatic nitrogens is 4. The normalized spacial score (nSPS) is 14.9. The van der Waals surface area contributed by atoms with Crippen molar-refractivity contribution in [3.8, 4) is 33.3 Å². The first-order valence-electron chi connectivity index (χ1n) is 10.4. The zero-order chi connectivity index (χ0) is 21.5. The fourth-order valence-electron chi connectivity index (χ4n) is 3.69. The number of thiophene rings is 1. The number of hydrogen-bond donors (Lipinski definition) is 1. The molecule has 0 unspecified atom stereocenters. The van der Waals surface area contributed by atoms with E-state index in [4.69, 9.17) is 9.47 Å². The van der Waals surface area contributed by atoms with Crippen LogP contribution in [0.25, 0.3) is 21.8 Å². The monoisotopic (exact) mass is 445 g/mol. The first kappa shape index (κ1) is 19.0. The number of carbonyl (C=O) groups is 1. The maximum Gasteiger partial charge on any atom is 0.265 e. The van der Waals surface area contributed by atoms with E-state index in [9.17, 15) is 4.79 Å². The van der Waals surface area contributed by atoms with E-state index < -0.39 is 0 Å². The summed E-state index contributed by atoms with van der Waals surface area (Å²) in [5, 5.41) is 15.1. The molecule has 1 aliphatic heterocycles. The van der Waals surface area contributed by atoms with Gasteiger partial charge in [-0.3, -0.25) is 4.79 Å². The van der Waals surface area contributed by atoms with Gasteiger partial charge in [-0.05, 0) is 71.3 Å². The Balaban J connectivity index is 1.21. The number of anilines is 1. The molecule has 6 rings (SSSR count). The lowest BCUT2D eigenvalue weighted by Gasteiger charge is -2.18. The molecule has 2 aliphatic rings. The summed E-state index contributed by atoms with van der Waals surface area (Å²) >= 11 is 1.44. The van der Waals surface area contributed by atoms with Gasteiger partial charge in [0.25, 0.3) is 5.91 Å². The second-order valence-electron chi connectivity index (χ2n) is 7.74. The van der Waals surface area contributed by atoms with Crippen molar-refractivity contribution in [3.05, 3.63) is 59.5 Å². The second kappa shape index (κ2) is 7.76. The van der Waals surface area contributed by atoms with Crippen LogP contribution in [0.5, 0.6) is 11.5 Å². The summed E-state index contributed by atoms with van der Waals surface area (Å²) in [6.45, 7) is 1.10. The topological polar surface area (TPSA) is 91.2 Å². The molecule has 3 heterocycles. The molecule has 1 saturated carbocycles. The number of amides is 1. The molecular formula is C23H19N5O3S. The van der Waals surface area contributed by atoms with Crippen LogP contribution in [0.1, 0.15) is 28.6 Å². The van der Waals surface area contributed by atoms with Gasteiger partial charge in [-0.15, -0.1) is 16.4 Å². The SMILES string of the molecule is O=C(Nc1cccc(-c2nnnn2C2CC2)c1)c1ccc(-c2ccc3c(c2)OCCO3)s1. The van der Waals surface area contributed by atoms with E-state index in [0.717, 1.165) is 46.2 Å². The average molecular weight is 446 g/mol. The van der Waals surface area contributed by atoms with Gasteiger partial charge in [0.05, 0.1) is 10.9 Å². The molecule has 1 N–H and O–H groups in total. The highest BCUT2D eigenvalue weighted by molar-refractivity contribution is 7.17. The lowest BCUT2D eigenvalue weighted by Crippen LogP contribution is -2.15. The van der Waals surface area contributed by atoms with Crippen molar-refractivity contribution in [1.29, 1.82) is 0 Å². The van der Waals surface area contributed by atoms with Crippen molar-refractivity contribution in [2.45, 2.75) is 18.9 Å². The number of nitrogens with zero attached hydrogens (tertiary/aromatic N) is 4. The number of rotatable bonds is 5. The van der Waals surface area contributed by atoms with E-state index in [1.807, 2.05) is 59.3 Å². The highest BCUT2D eigenvalue weighted by Crippen LogP contribution is 2.38. The van der Waals surface area contributed by atoms with E-state index in [1.165, 1.54) is 11.3 Å². The van der Waals surface area contributed by atoms with Gasteiger partial charge in [0.2, 0.25) is 0 Å². The van der Waals surface area contributed by atoms with E-state index >= 15 is 0 Å². The third-order valence-electron chi connectivity index (χ3n) is 5.42. The molecule has 160 valence electrons. The predicted molar refractivity (Wildman–Crippen MR) is 120 cm³/mol. The number of hydrogen-bond acceptors (Lipinski definition) is 7. The Kier molecular flexibility index (Phi) is 4.61. The van der Waals surface area contributed by atoms with Crippen LogP contribution in [-0.2, 0) is 0 Å². The van der Waals surface area contributed by atoms with Crippen molar-refractivity contribution in [2.75, 3.05) is 18.5 Å². The molecule has 0 spiro atoms. The standard InChI is InChI=1S/C23H19N5O3S/c29-23(21-9-8-20(32-21)14-4-7-18-19(13-14)31-11-10-30-18)24-16-3-1-2-15(12-16)22-25-26-27-28(22)17-5-6-17/h1-4,7-9,12-13,17H,5-6,10-11H2,(H,24,29). The Hall–Kier alpha value is -3.72. The summed E-state index contributed by atoms with van der Waals surface area (Å²) in [6, 6.07) is 17.6. The minimum atomic E-state index is -0.155. The zero-order valence-corrected chi connectivity index (χ0v) is 17.8. The van der Waals surface area contributed by atoms with Crippen molar-refractivity contribution < 1.29 is 14.3 Å². The van der Waals surface area contributed by atoms with Crippen LogP contribution in [0.3, 0.4) is 0 Å². The summed E-state index contributed by atoms with van der Waals surface area (Å²) in [4.78, 5) is 14.5. The largest absolute Gasteiger partial charge is 0.486 e. The molecular weight excluding hydrogens is 426 g/mol. The Labute approximate surface area is 187 Å². The van der Waals surface area contributed by atoms with E-state index in [1.54, 1.807) is 0 Å². The van der Waals surface area contributed by atoms with E-state index in [2.05, 4.69) is 20.8 Å². The number of benzene rings is 2. The van der Waals surface area contributed by atoms with Gasteiger partial charge < -0.3 is 14.8 Å². The van der Waals surface area contributed by atoms with Crippen LogP contribution in [0.2, 0.25) is 0 Å². The Morgan fingerprint density at radius 2 is 1.88 bits per heavy atom. The lowest BCUT2D eigenvalue weighted by atomic mass is 10.1. The van der Waals surface area contributed by atoms with Gasteiger partial charge in [-0.2, -0.15) is 0 Å². The molecule has 0 saturated heterocycles. The summed E-state index contributed by atoms with van der Waals surface area (Å²) < 4.78 is 13.1. The number of ether oxygens (including phenoxy) is 2. The van der Waals surface area contributed by atoms with Crippen molar-refractivity contribution >= 4 is 22.9 Å². The number of nitrogens with one attached hydrogen (secondary N) is 1. The molecule has 1 fully saturated rings. The summed E-state index contributed by atoms with van der Waals surface area (Å²) in [7, 11) is 0. The number of carbonyl (C=O) groups excluding carboxylic acids is 1. The van der Waals surface area contributed by atoms with Crippen molar-refractivity contribution in [2.24, 2.45) is 0 Å². The maximum absolute atomic E-state index is 12.9. The third kappa shape index (κ3) is 3.60. The Morgan fingerprint density at radius 3 is 2.75 bits per heavy atom. The second-order valence-corrected chi connectivity index (χ2v) is 8.82. The van der Waals surface area contributed by atoms with Gasteiger partial charge in [-0.1, -0.05) is 12.1 Å². The van der Waals surface area contributed by atoms with Crippen LogP contribution in [0.4, 0.5) is 5.69 Å². The molecule has 32 heavy (non-hydrogen) atoms. The van der Waals surface area contributed by atoms with Gasteiger partial charge in [0.1, 0.15) is 13.2 Å². The van der Waals surface area contributed by atoms with Gasteiger partial charge in [0.15, 0.2) is 17.3 Å². The van der Waals surface area contributed by atoms with Crippen LogP contribution >= 0.6 is 11.3 Å². The maximum atomic E-state index is 12.9. The minimum absolute atomic E-state index is 0.155. The van der Waals surface area contributed by atoms with Gasteiger partial charge in [0, 0.05) is 16.1 Å². The molecule has 4 aromatic rings. The Bertz CT molecular complexity index is 1310. The first-order chi connectivity index (χ1) is 15.7. The first-order valence-corrected chi connectivity index (χ1v) is 11.3. The molecule has 1 aliphatic carbocycles. The summed E-state index contributed by atoms with van der Waals surface area (Å²) in [6.07, 6.45) is 2.19. The number of tetrazole rings is 1. The van der Waals surface area contributed by atoms with E-state index in [0.29, 0.717) is 29.8 Å². The fourth-order valence-corrected chi connectivity index (χ4v) is 4.59. The van der Waals surface area contributed by atoms with Gasteiger partial charge >= 0.3 is 0 Å². The molecule has 0 atom stereocenters. The average Bonchev–Trinajstić information content (AvgIpc) is 3.34. The minimum Gasteiger partial charge on any atom is -0.486 e.